The minimum atomic E-state index is -1.27. The number of hydrogen-bond donors (Lipinski definition) is 9. The third-order valence-electron chi connectivity index (χ3n) is 6.91. The lowest BCUT2D eigenvalue weighted by Gasteiger charge is -2.25. The number of H-pyrrole nitrogens is 1. The number of aromatic amines is 1. The number of nitrogens with two attached hydrogens (primary N) is 4. The summed E-state index contributed by atoms with van der Waals surface area (Å²) >= 11 is 0. The number of amides is 4. The topological polar surface area (TPSA) is 262 Å². The van der Waals surface area contributed by atoms with E-state index >= 15 is 0 Å². The summed E-state index contributed by atoms with van der Waals surface area (Å²) in [5.74, 6) is -3.96. The molecule has 0 saturated carbocycles. The van der Waals surface area contributed by atoms with Gasteiger partial charge in [0, 0.05) is 23.5 Å². The molecule has 0 bridgehead atoms. The van der Waals surface area contributed by atoms with Crippen molar-refractivity contribution in [3.8, 4) is 0 Å². The van der Waals surface area contributed by atoms with Gasteiger partial charge in [0.2, 0.25) is 23.6 Å². The molecule has 4 amide bonds. The fourth-order valence-corrected chi connectivity index (χ4v) is 4.52. The van der Waals surface area contributed by atoms with Gasteiger partial charge in [0.25, 0.3) is 0 Å². The van der Waals surface area contributed by atoms with Gasteiger partial charge in [-0.1, -0.05) is 18.2 Å². The Morgan fingerprint density at radius 3 is 1.93 bits per heavy atom. The van der Waals surface area contributed by atoms with Gasteiger partial charge in [-0.15, -0.1) is 0 Å². The Labute approximate surface area is 244 Å². The molecule has 42 heavy (non-hydrogen) atoms. The molecule has 13 N–H and O–H groups in total. The Balaban J connectivity index is 2.14. The standard InChI is InChI=1S/C28H44N8O6/c29-13-5-3-9-21(34-25(38)19(31)15-17-16-33-20-8-2-1-7-18(17)20)26(39)35-22(11-12-24(32)37)27(40)36-23(28(41)42)10-4-6-14-30/h1-2,7-8,16,19,21-23,33H,3-6,9-15,29-31H2,(H2,32,37)(H,34,38)(H,35,39)(H,36,40)(H,41,42). The number of fused-ring (bicyclic) bond motifs is 1. The van der Waals surface area contributed by atoms with Gasteiger partial charge in [0.05, 0.1) is 6.04 Å². The van der Waals surface area contributed by atoms with Gasteiger partial charge >= 0.3 is 5.97 Å². The number of rotatable bonds is 20. The maximum atomic E-state index is 13.3. The lowest BCUT2D eigenvalue weighted by Crippen LogP contribution is -2.57. The number of benzene rings is 1. The molecule has 14 heteroatoms. The highest BCUT2D eigenvalue weighted by Gasteiger charge is 2.30. The van der Waals surface area contributed by atoms with Crippen molar-refractivity contribution < 1.29 is 29.1 Å². The third kappa shape index (κ3) is 11.1. The van der Waals surface area contributed by atoms with Crippen molar-refractivity contribution in [3.63, 3.8) is 0 Å². The molecule has 14 nitrogen and oxygen atoms in total. The molecule has 2 rings (SSSR count). The fraction of sp³-hybridized carbons (Fsp3) is 0.536. The number of nitrogens with one attached hydrogen (secondary N) is 4. The smallest absolute Gasteiger partial charge is 0.326 e. The van der Waals surface area contributed by atoms with Crippen LogP contribution in [0.1, 0.15) is 56.9 Å². The van der Waals surface area contributed by atoms with Crippen molar-refractivity contribution in [3.05, 3.63) is 36.0 Å². The molecule has 232 valence electrons. The zero-order valence-corrected chi connectivity index (χ0v) is 23.8. The number of hydrogen-bond acceptors (Lipinski definition) is 8. The van der Waals surface area contributed by atoms with E-state index in [1.807, 2.05) is 24.3 Å². The van der Waals surface area contributed by atoms with Gasteiger partial charge in [-0.2, -0.15) is 0 Å². The number of carboxylic acids is 1. The molecular weight excluding hydrogens is 544 g/mol. The van der Waals surface area contributed by atoms with Crippen molar-refractivity contribution in [1.29, 1.82) is 0 Å². The highest BCUT2D eigenvalue weighted by Crippen LogP contribution is 2.19. The van der Waals surface area contributed by atoms with Gasteiger partial charge < -0.3 is 49.0 Å². The zero-order chi connectivity index (χ0) is 31.1. The highest BCUT2D eigenvalue weighted by molar-refractivity contribution is 5.94. The van der Waals surface area contributed by atoms with E-state index in [-0.39, 0.29) is 32.1 Å². The van der Waals surface area contributed by atoms with Gasteiger partial charge in [-0.25, -0.2) is 4.79 Å². The molecule has 0 fully saturated rings. The number of para-hydroxylation sites is 1. The molecule has 0 radical (unpaired) electrons. The van der Waals surface area contributed by atoms with E-state index in [0.717, 1.165) is 16.5 Å². The quantitative estimate of drug-likeness (QED) is 0.0866. The minimum absolute atomic E-state index is 0.140. The average Bonchev–Trinajstić information content (AvgIpc) is 3.36. The normalized spacial score (nSPS) is 14.0. The highest BCUT2D eigenvalue weighted by atomic mass is 16.4. The average molecular weight is 589 g/mol. The number of aliphatic carboxylic acids is 1. The molecule has 0 saturated heterocycles. The zero-order valence-electron chi connectivity index (χ0n) is 23.8. The largest absolute Gasteiger partial charge is 0.480 e. The van der Waals surface area contributed by atoms with Crippen molar-refractivity contribution in [2.24, 2.45) is 22.9 Å². The molecule has 0 aliphatic carbocycles. The second-order valence-corrected chi connectivity index (χ2v) is 10.3. The molecule has 0 aliphatic heterocycles. The number of carboxylic acid groups (broad SMARTS) is 1. The molecule has 1 aromatic carbocycles. The summed E-state index contributed by atoms with van der Waals surface area (Å²) in [6.45, 7) is 0.757. The number of unbranched alkanes of at least 4 members (excludes halogenated alkanes) is 2. The van der Waals surface area contributed by atoms with Gasteiger partial charge in [0.1, 0.15) is 18.1 Å². The van der Waals surface area contributed by atoms with Crippen LogP contribution in [0.25, 0.3) is 10.9 Å². The van der Waals surface area contributed by atoms with Crippen LogP contribution in [0, 0.1) is 0 Å². The molecule has 1 heterocycles. The van der Waals surface area contributed by atoms with Crippen LogP contribution < -0.4 is 38.9 Å². The summed E-state index contributed by atoms with van der Waals surface area (Å²) < 4.78 is 0. The molecule has 4 atom stereocenters. The lowest BCUT2D eigenvalue weighted by molar-refractivity contribution is -0.142. The van der Waals surface area contributed by atoms with Crippen molar-refractivity contribution in [2.45, 2.75) is 82.0 Å². The lowest BCUT2D eigenvalue weighted by atomic mass is 10.0. The predicted octanol–water partition coefficient (Wildman–Crippen LogP) is -0.900. The van der Waals surface area contributed by atoms with Crippen LogP contribution in [0.2, 0.25) is 0 Å². The van der Waals surface area contributed by atoms with Crippen LogP contribution in [0.15, 0.2) is 30.5 Å². The van der Waals surface area contributed by atoms with E-state index in [0.29, 0.717) is 38.8 Å². The molecule has 1 aromatic heterocycles. The fourth-order valence-electron chi connectivity index (χ4n) is 4.52. The van der Waals surface area contributed by atoms with E-state index < -0.39 is 53.8 Å². The monoisotopic (exact) mass is 588 g/mol. The molecular formula is C28H44N8O6. The van der Waals surface area contributed by atoms with Crippen LogP contribution >= 0.6 is 0 Å². The first-order valence-corrected chi connectivity index (χ1v) is 14.2. The second-order valence-electron chi connectivity index (χ2n) is 10.3. The summed E-state index contributed by atoms with van der Waals surface area (Å²) in [5, 5.41) is 18.1. The van der Waals surface area contributed by atoms with Crippen LogP contribution in [-0.2, 0) is 30.4 Å². The Bertz CT molecular complexity index is 1200. The number of carbonyl (C=O) groups excluding carboxylic acids is 4. The van der Waals surface area contributed by atoms with E-state index in [1.165, 1.54) is 0 Å². The van der Waals surface area contributed by atoms with E-state index in [9.17, 15) is 29.1 Å². The maximum absolute atomic E-state index is 13.3. The van der Waals surface area contributed by atoms with Crippen molar-refractivity contribution in [2.75, 3.05) is 13.1 Å². The summed E-state index contributed by atoms with van der Waals surface area (Å²) in [7, 11) is 0. The van der Waals surface area contributed by atoms with Crippen LogP contribution in [0.4, 0.5) is 0 Å². The van der Waals surface area contributed by atoms with Crippen LogP contribution in [0.5, 0.6) is 0 Å². The van der Waals surface area contributed by atoms with E-state index in [4.69, 9.17) is 22.9 Å². The first kappa shape index (κ1) is 34.2. The maximum Gasteiger partial charge on any atom is 0.326 e. The molecule has 4 unspecified atom stereocenters. The van der Waals surface area contributed by atoms with Gasteiger partial charge in [-0.05, 0) is 76.1 Å². The van der Waals surface area contributed by atoms with Crippen LogP contribution in [0.3, 0.4) is 0 Å². The Morgan fingerprint density at radius 2 is 1.33 bits per heavy atom. The first-order chi connectivity index (χ1) is 20.1. The molecule has 0 aliphatic rings. The summed E-state index contributed by atoms with van der Waals surface area (Å²) in [5.41, 5.74) is 24.3. The summed E-state index contributed by atoms with van der Waals surface area (Å²) in [4.78, 5) is 65.7. The predicted molar refractivity (Wildman–Crippen MR) is 158 cm³/mol. The summed E-state index contributed by atoms with van der Waals surface area (Å²) in [6.07, 6.45) is 4.12. The second kappa shape index (κ2) is 17.7. The van der Waals surface area contributed by atoms with E-state index in [2.05, 4.69) is 20.9 Å². The molecule has 0 spiro atoms. The van der Waals surface area contributed by atoms with Crippen molar-refractivity contribution >= 4 is 40.5 Å². The Morgan fingerprint density at radius 1 is 0.786 bits per heavy atom. The number of carbonyl (C=O) groups is 5. The van der Waals surface area contributed by atoms with Gasteiger partial charge in [-0.3, -0.25) is 19.2 Å². The number of primary amides is 1. The first-order valence-electron chi connectivity index (χ1n) is 14.2. The SMILES string of the molecule is NCCCCC(NC(=O)C(CCC(N)=O)NC(=O)C(CCCCN)NC(=O)C(N)Cc1c[nH]c2ccccc12)C(=O)O. The van der Waals surface area contributed by atoms with Crippen molar-refractivity contribution in [1.82, 2.24) is 20.9 Å². The summed E-state index contributed by atoms with van der Waals surface area (Å²) in [6, 6.07) is 3.10. The third-order valence-corrected chi connectivity index (χ3v) is 6.91. The Kier molecular flexibility index (Phi) is 14.4. The van der Waals surface area contributed by atoms with E-state index in [1.54, 1.807) is 6.20 Å². The van der Waals surface area contributed by atoms with Crippen LogP contribution in [-0.4, -0.2) is 76.9 Å². The van der Waals surface area contributed by atoms with Gasteiger partial charge in [0.15, 0.2) is 0 Å². The Hall–Kier alpha value is -4.01. The minimum Gasteiger partial charge on any atom is -0.480 e. The number of aromatic nitrogens is 1. The molecule has 2 aromatic rings.